The van der Waals surface area contributed by atoms with Gasteiger partial charge in [0, 0.05) is 7.05 Å². The smallest absolute Gasteiger partial charge is 0.295 e. The highest BCUT2D eigenvalue weighted by Crippen LogP contribution is 2.35. The van der Waals surface area contributed by atoms with E-state index in [-0.39, 0.29) is 23.0 Å². The van der Waals surface area contributed by atoms with Gasteiger partial charge in [-0.25, -0.2) is 4.39 Å². The summed E-state index contributed by atoms with van der Waals surface area (Å²) in [5, 5.41) is 20.0. The number of hydrogen-bond acceptors (Lipinski definition) is 4. The molecule has 0 heterocycles. The molecule has 0 radical (unpaired) electrons. The monoisotopic (exact) mass is 276 g/mol. The molecule has 0 amide bonds. The second-order valence-electron chi connectivity index (χ2n) is 4.54. The van der Waals surface area contributed by atoms with E-state index in [4.69, 9.17) is 11.6 Å². The molecule has 0 saturated heterocycles. The maximum atomic E-state index is 13.3. The van der Waals surface area contributed by atoms with E-state index in [1.807, 2.05) is 0 Å². The molecule has 0 spiro atoms. The Kier molecular flexibility index (Phi) is 4.13. The molecule has 1 aromatic rings. The Hall–Kier alpha value is -1.40. The van der Waals surface area contributed by atoms with Crippen molar-refractivity contribution in [3.63, 3.8) is 0 Å². The summed E-state index contributed by atoms with van der Waals surface area (Å²) in [7, 11) is 1.58. The Labute approximate surface area is 109 Å². The zero-order chi connectivity index (χ0) is 14.1. The van der Waals surface area contributed by atoms with Crippen molar-refractivity contribution in [1.82, 2.24) is 0 Å². The molecule has 18 heavy (non-hydrogen) atoms. The lowest BCUT2D eigenvalue weighted by molar-refractivity contribution is -0.384. The standard InChI is InChI=1S/C11H14ClFN2O3/c1-11(2,6-16)14(3)9-4-7(12)8(13)5-10(9)15(17)18/h4-5,16H,6H2,1-3H3. The fourth-order valence-electron chi connectivity index (χ4n) is 1.37. The first-order valence-corrected chi connectivity index (χ1v) is 5.56. The zero-order valence-electron chi connectivity index (χ0n) is 10.3. The second-order valence-corrected chi connectivity index (χ2v) is 4.95. The Morgan fingerprint density at radius 2 is 2.11 bits per heavy atom. The average Bonchev–Trinajstić information content (AvgIpc) is 2.30. The molecule has 100 valence electrons. The van der Waals surface area contributed by atoms with Crippen molar-refractivity contribution in [2.75, 3.05) is 18.6 Å². The number of nitro benzene ring substituents is 1. The van der Waals surface area contributed by atoms with E-state index in [0.717, 1.165) is 6.07 Å². The van der Waals surface area contributed by atoms with Crippen molar-refractivity contribution >= 4 is 23.0 Å². The molecule has 1 N–H and O–H groups in total. The van der Waals surface area contributed by atoms with Gasteiger partial charge in [0.25, 0.3) is 5.69 Å². The Balaban J connectivity index is 3.39. The fraction of sp³-hybridized carbons (Fsp3) is 0.455. The highest BCUT2D eigenvalue weighted by Gasteiger charge is 2.29. The summed E-state index contributed by atoms with van der Waals surface area (Å²) in [6, 6.07) is 1.97. The number of aliphatic hydroxyl groups is 1. The number of rotatable bonds is 4. The van der Waals surface area contributed by atoms with Gasteiger partial charge in [-0.3, -0.25) is 10.1 Å². The summed E-state index contributed by atoms with van der Waals surface area (Å²) in [5.74, 6) is -0.845. The topological polar surface area (TPSA) is 66.6 Å². The van der Waals surface area contributed by atoms with Crippen molar-refractivity contribution in [1.29, 1.82) is 0 Å². The van der Waals surface area contributed by atoms with Crippen molar-refractivity contribution in [2.24, 2.45) is 0 Å². The SMILES string of the molecule is CN(c1cc(Cl)c(F)cc1[N+](=O)[O-])C(C)(C)CO. The van der Waals surface area contributed by atoms with Gasteiger partial charge in [-0.2, -0.15) is 0 Å². The number of nitro groups is 1. The van der Waals surface area contributed by atoms with Gasteiger partial charge < -0.3 is 10.0 Å². The van der Waals surface area contributed by atoms with Crippen LogP contribution in [0.5, 0.6) is 0 Å². The van der Waals surface area contributed by atoms with Crippen molar-refractivity contribution in [2.45, 2.75) is 19.4 Å². The van der Waals surface area contributed by atoms with Gasteiger partial charge >= 0.3 is 0 Å². The van der Waals surface area contributed by atoms with Crippen molar-refractivity contribution in [3.05, 3.63) is 33.1 Å². The van der Waals surface area contributed by atoms with Crippen LogP contribution in [0.25, 0.3) is 0 Å². The summed E-state index contributed by atoms with van der Waals surface area (Å²) < 4.78 is 13.3. The number of halogens is 2. The van der Waals surface area contributed by atoms with Gasteiger partial charge in [-0.05, 0) is 19.9 Å². The largest absolute Gasteiger partial charge is 0.394 e. The highest BCUT2D eigenvalue weighted by molar-refractivity contribution is 6.31. The second kappa shape index (κ2) is 5.07. The minimum Gasteiger partial charge on any atom is -0.394 e. The zero-order valence-corrected chi connectivity index (χ0v) is 11.0. The lowest BCUT2D eigenvalue weighted by atomic mass is 10.0. The number of benzene rings is 1. The molecule has 1 aromatic carbocycles. The molecule has 0 fully saturated rings. The first-order valence-electron chi connectivity index (χ1n) is 5.19. The molecule has 0 saturated carbocycles. The summed E-state index contributed by atoms with van der Waals surface area (Å²) >= 11 is 5.64. The number of anilines is 1. The molecule has 0 unspecified atom stereocenters. The molecule has 1 rings (SSSR count). The van der Waals surface area contributed by atoms with Crippen LogP contribution in [0.4, 0.5) is 15.8 Å². The van der Waals surface area contributed by atoms with E-state index in [9.17, 15) is 19.6 Å². The van der Waals surface area contributed by atoms with E-state index in [0.29, 0.717) is 0 Å². The minimum absolute atomic E-state index is 0.158. The normalized spacial score (nSPS) is 11.4. The molecule has 5 nitrogen and oxygen atoms in total. The lowest BCUT2D eigenvalue weighted by Gasteiger charge is -2.35. The first kappa shape index (κ1) is 14.7. The van der Waals surface area contributed by atoms with Crippen LogP contribution < -0.4 is 4.90 Å². The number of likely N-dealkylation sites (N-methyl/N-ethyl adjacent to an activating group) is 1. The number of hydrogen-bond donors (Lipinski definition) is 1. The van der Waals surface area contributed by atoms with Gasteiger partial charge in [0.1, 0.15) is 11.5 Å². The predicted octanol–water partition coefficient (Wildman–Crippen LogP) is 2.59. The molecular weight excluding hydrogens is 263 g/mol. The third-order valence-corrected chi connectivity index (χ3v) is 3.16. The van der Waals surface area contributed by atoms with Crippen LogP contribution >= 0.6 is 11.6 Å². The van der Waals surface area contributed by atoms with Crippen LogP contribution in [0.3, 0.4) is 0 Å². The summed E-state index contributed by atoms with van der Waals surface area (Å²) in [4.78, 5) is 11.7. The van der Waals surface area contributed by atoms with Gasteiger partial charge in [0.2, 0.25) is 0 Å². The van der Waals surface area contributed by atoms with Crippen LogP contribution in [0.15, 0.2) is 12.1 Å². The molecule has 0 bridgehead atoms. The Morgan fingerprint density at radius 3 is 2.56 bits per heavy atom. The van der Waals surface area contributed by atoms with E-state index < -0.39 is 16.3 Å². The maximum absolute atomic E-state index is 13.3. The molecule has 0 atom stereocenters. The highest BCUT2D eigenvalue weighted by atomic mass is 35.5. The van der Waals surface area contributed by atoms with Crippen LogP contribution in [0, 0.1) is 15.9 Å². The van der Waals surface area contributed by atoms with Crippen LogP contribution in [0.1, 0.15) is 13.8 Å². The third kappa shape index (κ3) is 2.70. The van der Waals surface area contributed by atoms with Gasteiger partial charge in [-0.15, -0.1) is 0 Å². The lowest BCUT2D eigenvalue weighted by Crippen LogP contribution is -2.44. The minimum atomic E-state index is -0.845. The van der Waals surface area contributed by atoms with Gasteiger partial charge in [-0.1, -0.05) is 11.6 Å². The fourth-order valence-corrected chi connectivity index (χ4v) is 1.53. The Morgan fingerprint density at radius 1 is 1.56 bits per heavy atom. The number of aliphatic hydroxyl groups excluding tert-OH is 1. The van der Waals surface area contributed by atoms with Gasteiger partial charge in [0.05, 0.1) is 28.2 Å². The molecule has 0 aliphatic carbocycles. The number of nitrogens with zero attached hydrogens (tertiary/aromatic N) is 2. The van der Waals surface area contributed by atoms with E-state index in [1.54, 1.807) is 20.9 Å². The maximum Gasteiger partial charge on any atom is 0.295 e. The van der Waals surface area contributed by atoms with Crippen LogP contribution in [-0.2, 0) is 0 Å². The molecule has 7 heteroatoms. The third-order valence-electron chi connectivity index (χ3n) is 2.87. The first-order chi connectivity index (χ1) is 8.20. The average molecular weight is 277 g/mol. The van der Waals surface area contributed by atoms with E-state index in [2.05, 4.69) is 0 Å². The quantitative estimate of drug-likeness (QED) is 0.678. The summed E-state index contributed by atoms with van der Waals surface area (Å²) in [5.41, 5.74) is -0.960. The Bertz CT molecular complexity index is 480. The van der Waals surface area contributed by atoms with Crippen LogP contribution in [0.2, 0.25) is 5.02 Å². The van der Waals surface area contributed by atoms with E-state index in [1.165, 1.54) is 11.0 Å². The van der Waals surface area contributed by atoms with Crippen molar-refractivity contribution < 1.29 is 14.4 Å². The summed E-state index contributed by atoms with van der Waals surface area (Å²) in [6.07, 6.45) is 0. The molecule has 0 aromatic heterocycles. The molecule has 0 aliphatic heterocycles. The molecule has 0 aliphatic rings. The van der Waals surface area contributed by atoms with E-state index >= 15 is 0 Å². The van der Waals surface area contributed by atoms with Gasteiger partial charge in [0.15, 0.2) is 0 Å². The van der Waals surface area contributed by atoms with Crippen LogP contribution in [-0.4, -0.2) is 29.2 Å². The molecular formula is C11H14ClFN2O3. The van der Waals surface area contributed by atoms with Crippen molar-refractivity contribution in [3.8, 4) is 0 Å². The predicted molar refractivity (Wildman–Crippen MR) is 67.6 cm³/mol. The summed E-state index contributed by atoms with van der Waals surface area (Å²) in [6.45, 7) is 3.19.